The van der Waals surface area contributed by atoms with E-state index in [0.29, 0.717) is 12.0 Å². The Morgan fingerprint density at radius 2 is 2.31 bits per heavy atom. The minimum absolute atomic E-state index is 0.120. The lowest BCUT2D eigenvalue weighted by Gasteiger charge is -2.29. The Morgan fingerprint density at radius 1 is 1.62 bits per heavy atom. The Hall–Kier alpha value is -0.570. The van der Waals surface area contributed by atoms with Crippen molar-refractivity contribution in [1.29, 1.82) is 0 Å². The molecular weight excluding hydrogens is 166 g/mol. The normalized spacial score (nSPS) is 29.2. The van der Waals surface area contributed by atoms with Crippen LogP contribution < -0.4 is 5.32 Å². The van der Waals surface area contributed by atoms with Gasteiger partial charge in [0.05, 0.1) is 5.92 Å². The third-order valence-electron chi connectivity index (χ3n) is 2.60. The van der Waals surface area contributed by atoms with E-state index in [1.165, 1.54) is 0 Å². The highest BCUT2D eigenvalue weighted by atomic mass is 16.4. The van der Waals surface area contributed by atoms with Gasteiger partial charge in [-0.15, -0.1) is 0 Å². The van der Waals surface area contributed by atoms with E-state index >= 15 is 0 Å². The summed E-state index contributed by atoms with van der Waals surface area (Å²) in [6, 6.07) is 0.412. The zero-order chi connectivity index (χ0) is 9.84. The van der Waals surface area contributed by atoms with Gasteiger partial charge in [0.25, 0.3) is 0 Å². The van der Waals surface area contributed by atoms with Crippen molar-refractivity contribution in [2.45, 2.75) is 39.2 Å². The number of rotatable bonds is 3. The fourth-order valence-corrected chi connectivity index (χ4v) is 1.98. The number of aliphatic carboxylic acids is 1. The van der Waals surface area contributed by atoms with Gasteiger partial charge in [-0.2, -0.15) is 0 Å². The van der Waals surface area contributed by atoms with E-state index < -0.39 is 5.97 Å². The van der Waals surface area contributed by atoms with Crippen molar-refractivity contribution in [3.8, 4) is 0 Å². The molecule has 0 amide bonds. The number of carbonyl (C=O) groups is 1. The molecule has 0 aliphatic carbocycles. The number of piperidine rings is 1. The van der Waals surface area contributed by atoms with Crippen molar-refractivity contribution < 1.29 is 9.90 Å². The van der Waals surface area contributed by atoms with Gasteiger partial charge in [-0.3, -0.25) is 4.79 Å². The van der Waals surface area contributed by atoms with Crippen LogP contribution in [0.25, 0.3) is 0 Å². The molecule has 76 valence electrons. The van der Waals surface area contributed by atoms with Crippen LogP contribution in [0, 0.1) is 11.8 Å². The first kappa shape index (κ1) is 10.5. The summed E-state index contributed by atoms with van der Waals surface area (Å²) < 4.78 is 0. The lowest BCUT2D eigenvalue weighted by Crippen LogP contribution is -2.41. The van der Waals surface area contributed by atoms with Gasteiger partial charge < -0.3 is 10.4 Å². The van der Waals surface area contributed by atoms with Crippen LogP contribution in [-0.4, -0.2) is 23.7 Å². The minimum Gasteiger partial charge on any atom is -0.481 e. The summed E-state index contributed by atoms with van der Waals surface area (Å²) in [6.45, 7) is 5.20. The molecule has 1 aliphatic rings. The summed E-state index contributed by atoms with van der Waals surface area (Å²) >= 11 is 0. The maximum absolute atomic E-state index is 10.8. The summed E-state index contributed by atoms with van der Waals surface area (Å²) in [5.74, 6) is -0.106. The molecule has 0 bridgehead atoms. The van der Waals surface area contributed by atoms with Crippen molar-refractivity contribution in [3.05, 3.63) is 0 Å². The molecule has 0 aromatic rings. The first-order chi connectivity index (χ1) is 6.09. The fourth-order valence-electron chi connectivity index (χ4n) is 1.98. The average Bonchev–Trinajstić information content (AvgIpc) is 2.03. The van der Waals surface area contributed by atoms with Gasteiger partial charge in [-0.25, -0.2) is 0 Å². The van der Waals surface area contributed by atoms with E-state index in [1.54, 1.807) is 0 Å². The highest BCUT2D eigenvalue weighted by Gasteiger charge is 2.26. The largest absolute Gasteiger partial charge is 0.481 e. The van der Waals surface area contributed by atoms with E-state index in [0.717, 1.165) is 25.8 Å². The molecule has 2 atom stereocenters. The Kier molecular flexibility index (Phi) is 3.72. The molecule has 1 heterocycles. The first-order valence-corrected chi connectivity index (χ1v) is 5.05. The van der Waals surface area contributed by atoms with Gasteiger partial charge in [0, 0.05) is 6.04 Å². The standard InChI is InChI=1S/C10H19NO2/c1-7(2)5-9-6-8(10(12)13)3-4-11-9/h7-9,11H,3-6H2,1-2H3,(H,12,13). The highest BCUT2D eigenvalue weighted by molar-refractivity contribution is 5.70. The van der Waals surface area contributed by atoms with Crippen LogP contribution in [0.3, 0.4) is 0 Å². The molecule has 0 aromatic heterocycles. The SMILES string of the molecule is CC(C)CC1CC(C(=O)O)CCN1. The van der Waals surface area contributed by atoms with Gasteiger partial charge in [-0.05, 0) is 31.7 Å². The van der Waals surface area contributed by atoms with Crippen molar-refractivity contribution in [2.75, 3.05) is 6.54 Å². The Labute approximate surface area is 79.5 Å². The molecule has 1 saturated heterocycles. The molecule has 0 radical (unpaired) electrons. The highest BCUT2D eigenvalue weighted by Crippen LogP contribution is 2.20. The van der Waals surface area contributed by atoms with Gasteiger partial charge >= 0.3 is 5.97 Å². The maximum Gasteiger partial charge on any atom is 0.306 e. The van der Waals surface area contributed by atoms with Crippen molar-refractivity contribution in [1.82, 2.24) is 5.32 Å². The lowest BCUT2D eigenvalue weighted by molar-refractivity contribution is -0.143. The van der Waals surface area contributed by atoms with Crippen LogP contribution in [0.1, 0.15) is 33.1 Å². The average molecular weight is 185 g/mol. The second-order valence-electron chi connectivity index (χ2n) is 4.34. The number of carboxylic acid groups (broad SMARTS) is 1. The number of carboxylic acids is 1. The lowest BCUT2D eigenvalue weighted by atomic mass is 9.88. The quantitative estimate of drug-likeness (QED) is 0.700. The van der Waals surface area contributed by atoms with Crippen LogP contribution in [0.15, 0.2) is 0 Å². The zero-order valence-electron chi connectivity index (χ0n) is 8.42. The molecule has 0 aromatic carbocycles. The molecular formula is C10H19NO2. The van der Waals surface area contributed by atoms with E-state index in [2.05, 4.69) is 19.2 Å². The first-order valence-electron chi connectivity index (χ1n) is 5.05. The van der Waals surface area contributed by atoms with Gasteiger partial charge in [0.15, 0.2) is 0 Å². The molecule has 3 nitrogen and oxygen atoms in total. The second-order valence-corrected chi connectivity index (χ2v) is 4.34. The van der Waals surface area contributed by atoms with Crippen molar-refractivity contribution in [2.24, 2.45) is 11.8 Å². The topological polar surface area (TPSA) is 49.3 Å². The smallest absolute Gasteiger partial charge is 0.306 e. The van der Waals surface area contributed by atoms with Crippen molar-refractivity contribution >= 4 is 5.97 Å². The molecule has 2 unspecified atom stereocenters. The molecule has 0 saturated carbocycles. The summed E-state index contributed by atoms with van der Waals surface area (Å²) in [5, 5.41) is 12.2. The fraction of sp³-hybridized carbons (Fsp3) is 0.900. The predicted molar refractivity (Wildman–Crippen MR) is 51.6 cm³/mol. The Bertz CT molecular complexity index is 180. The van der Waals surface area contributed by atoms with E-state index in [9.17, 15) is 4.79 Å². The summed E-state index contributed by atoms with van der Waals surface area (Å²) in [5.41, 5.74) is 0. The third kappa shape index (κ3) is 3.35. The zero-order valence-corrected chi connectivity index (χ0v) is 8.42. The summed E-state index contributed by atoms with van der Waals surface area (Å²) in [7, 11) is 0. The van der Waals surface area contributed by atoms with Gasteiger partial charge in [-0.1, -0.05) is 13.8 Å². The summed E-state index contributed by atoms with van der Waals surface area (Å²) in [6.07, 6.45) is 2.67. The molecule has 1 aliphatic heterocycles. The third-order valence-corrected chi connectivity index (χ3v) is 2.60. The van der Waals surface area contributed by atoms with Crippen LogP contribution in [-0.2, 0) is 4.79 Å². The van der Waals surface area contributed by atoms with Crippen molar-refractivity contribution in [3.63, 3.8) is 0 Å². The van der Waals surface area contributed by atoms with E-state index in [1.807, 2.05) is 0 Å². The molecule has 0 spiro atoms. The second kappa shape index (κ2) is 4.61. The molecule has 1 fully saturated rings. The van der Waals surface area contributed by atoms with Gasteiger partial charge in [0.1, 0.15) is 0 Å². The summed E-state index contributed by atoms with van der Waals surface area (Å²) in [4.78, 5) is 10.8. The molecule has 13 heavy (non-hydrogen) atoms. The van der Waals surface area contributed by atoms with E-state index in [4.69, 9.17) is 5.11 Å². The minimum atomic E-state index is -0.629. The van der Waals surface area contributed by atoms with Gasteiger partial charge in [0.2, 0.25) is 0 Å². The van der Waals surface area contributed by atoms with Crippen LogP contribution >= 0.6 is 0 Å². The van der Waals surface area contributed by atoms with Crippen LogP contribution in [0.2, 0.25) is 0 Å². The predicted octanol–water partition coefficient (Wildman–Crippen LogP) is 1.49. The van der Waals surface area contributed by atoms with E-state index in [-0.39, 0.29) is 5.92 Å². The van der Waals surface area contributed by atoms with Crippen LogP contribution in [0.5, 0.6) is 0 Å². The van der Waals surface area contributed by atoms with Crippen LogP contribution in [0.4, 0.5) is 0 Å². The monoisotopic (exact) mass is 185 g/mol. The number of hydrogen-bond acceptors (Lipinski definition) is 2. The Balaban J connectivity index is 2.37. The maximum atomic E-state index is 10.8. The number of nitrogens with one attached hydrogen (secondary N) is 1. The molecule has 1 rings (SSSR count). The molecule has 2 N–H and O–H groups in total. The Morgan fingerprint density at radius 3 is 2.85 bits per heavy atom. The molecule has 3 heteroatoms. The number of hydrogen-bond donors (Lipinski definition) is 2.